The van der Waals surface area contributed by atoms with E-state index in [0.29, 0.717) is 5.69 Å². The molecule has 9 nitrogen and oxygen atoms in total. The Kier molecular flexibility index (Phi) is 7.20. The van der Waals surface area contributed by atoms with Crippen molar-refractivity contribution in [1.29, 1.82) is 0 Å². The van der Waals surface area contributed by atoms with Crippen molar-refractivity contribution in [3.05, 3.63) is 100 Å². The molecule has 1 heterocycles. The second kappa shape index (κ2) is 10.3. The van der Waals surface area contributed by atoms with Gasteiger partial charge in [0.2, 0.25) is 15.9 Å². The second-order valence-corrected chi connectivity index (χ2v) is 9.88. The molecule has 0 radical (unpaired) electrons. The molecule has 182 valence electrons. The molecule has 0 saturated carbocycles. The van der Waals surface area contributed by atoms with Crippen LogP contribution in [0.1, 0.15) is 11.6 Å². The second-order valence-electron chi connectivity index (χ2n) is 7.97. The van der Waals surface area contributed by atoms with Gasteiger partial charge >= 0.3 is 0 Å². The van der Waals surface area contributed by atoms with Crippen LogP contribution in [0.3, 0.4) is 0 Å². The molecule has 11 heteroatoms. The summed E-state index contributed by atoms with van der Waals surface area (Å²) in [6.07, 6.45) is 0. The first-order valence-corrected chi connectivity index (χ1v) is 12.3. The lowest BCUT2D eigenvalue weighted by atomic mass is 10.0. The maximum Gasteiger partial charge on any atom is 0.289 e. The number of sulfonamides is 1. The normalized spacial score (nSPS) is 15.9. The number of anilines is 1. The maximum absolute atomic E-state index is 13.3. The summed E-state index contributed by atoms with van der Waals surface area (Å²) in [5.41, 5.74) is 0.688. The highest BCUT2D eigenvalue weighted by molar-refractivity contribution is 7.89. The van der Waals surface area contributed by atoms with Crippen LogP contribution < -0.4 is 5.32 Å². The van der Waals surface area contributed by atoms with Gasteiger partial charge in [-0.1, -0.05) is 42.5 Å². The summed E-state index contributed by atoms with van der Waals surface area (Å²) in [7, 11) is -4.10. The van der Waals surface area contributed by atoms with Gasteiger partial charge in [0.25, 0.3) is 5.69 Å². The average Bonchev–Trinajstić information content (AvgIpc) is 2.86. The number of halogens is 1. The molecular formula is C24H23FN4O5S. The first-order valence-electron chi connectivity index (χ1n) is 10.9. The van der Waals surface area contributed by atoms with E-state index in [0.717, 1.165) is 11.6 Å². The highest BCUT2D eigenvalue weighted by Crippen LogP contribution is 2.29. The summed E-state index contributed by atoms with van der Waals surface area (Å²) in [6.45, 7) is 0.579. The Morgan fingerprint density at radius 2 is 1.51 bits per heavy atom. The number of rotatable bonds is 7. The van der Waals surface area contributed by atoms with Crippen LogP contribution in [0.15, 0.2) is 83.8 Å². The summed E-state index contributed by atoms with van der Waals surface area (Å²) in [6, 6.07) is 19.0. The Morgan fingerprint density at radius 3 is 2.14 bits per heavy atom. The Bertz CT molecular complexity index is 1310. The van der Waals surface area contributed by atoms with Crippen LogP contribution in [-0.4, -0.2) is 54.6 Å². The van der Waals surface area contributed by atoms with E-state index in [2.05, 4.69) is 5.32 Å². The molecule has 1 aliphatic rings. The molecule has 1 unspecified atom stereocenters. The van der Waals surface area contributed by atoms with Crippen LogP contribution in [0, 0.1) is 15.9 Å². The lowest BCUT2D eigenvalue weighted by molar-refractivity contribution is -0.387. The molecule has 3 aromatic rings. The van der Waals surface area contributed by atoms with E-state index in [4.69, 9.17) is 0 Å². The Hall–Kier alpha value is -3.67. The van der Waals surface area contributed by atoms with Crippen LogP contribution in [0.2, 0.25) is 0 Å². The van der Waals surface area contributed by atoms with Crippen LogP contribution in [0.5, 0.6) is 0 Å². The number of nitro benzene ring substituents is 1. The number of carbonyl (C=O) groups excluding carboxylic acids is 1. The van der Waals surface area contributed by atoms with E-state index >= 15 is 0 Å². The van der Waals surface area contributed by atoms with Crippen molar-refractivity contribution in [2.45, 2.75) is 10.9 Å². The molecule has 0 aliphatic carbocycles. The van der Waals surface area contributed by atoms with E-state index in [1.165, 1.54) is 46.8 Å². The average molecular weight is 499 g/mol. The molecule has 3 aromatic carbocycles. The standard InChI is InChI=1S/C24H23FN4O5S/c25-19-10-12-20(13-11-19)26-24(30)23(18-6-2-1-3-7-18)27-14-16-28(17-15-27)35(33,34)22-9-5-4-8-21(22)29(31)32/h1-13,23H,14-17H2,(H,26,30). The number of nitrogens with zero attached hydrogens (tertiary/aromatic N) is 3. The zero-order valence-corrected chi connectivity index (χ0v) is 19.4. The SMILES string of the molecule is O=C(Nc1ccc(F)cc1)C(c1ccccc1)N1CCN(S(=O)(=O)c2ccccc2[N+](=O)[O-])CC1. The van der Waals surface area contributed by atoms with Crippen molar-refractivity contribution in [3.8, 4) is 0 Å². The van der Waals surface area contributed by atoms with Crippen LogP contribution in [0.4, 0.5) is 15.8 Å². The lowest BCUT2D eigenvalue weighted by Crippen LogP contribution is -2.51. The summed E-state index contributed by atoms with van der Waals surface area (Å²) < 4.78 is 40.8. The Labute approximate surface area is 202 Å². The highest BCUT2D eigenvalue weighted by atomic mass is 32.2. The van der Waals surface area contributed by atoms with E-state index in [1.54, 1.807) is 0 Å². The minimum Gasteiger partial charge on any atom is -0.324 e. The number of para-hydroxylation sites is 1. The monoisotopic (exact) mass is 498 g/mol. The summed E-state index contributed by atoms with van der Waals surface area (Å²) in [5.74, 6) is -0.753. The van der Waals surface area contributed by atoms with Gasteiger partial charge in [-0.15, -0.1) is 0 Å². The largest absolute Gasteiger partial charge is 0.324 e. The third-order valence-corrected chi connectivity index (χ3v) is 7.74. The third kappa shape index (κ3) is 5.37. The molecule has 35 heavy (non-hydrogen) atoms. The number of carbonyl (C=O) groups is 1. The molecule has 1 saturated heterocycles. The molecular weight excluding hydrogens is 475 g/mol. The fourth-order valence-corrected chi connectivity index (χ4v) is 5.65. The van der Waals surface area contributed by atoms with E-state index in [9.17, 15) is 27.7 Å². The van der Waals surface area contributed by atoms with Gasteiger partial charge in [-0.3, -0.25) is 19.8 Å². The van der Waals surface area contributed by atoms with Crippen LogP contribution >= 0.6 is 0 Å². The van der Waals surface area contributed by atoms with Gasteiger partial charge in [0, 0.05) is 37.9 Å². The zero-order chi connectivity index (χ0) is 25.0. The highest BCUT2D eigenvalue weighted by Gasteiger charge is 2.36. The van der Waals surface area contributed by atoms with Gasteiger partial charge in [-0.05, 0) is 35.9 Å². The number of piperazine rings is 1. The third-order valence-electron chi connectivity index (χ3n) is 5.79. The van der Waals surface area contributed by atoms with Crippen LogP contribution in [-0.2, 0) is 14.8 Å². The van der Waals surface area contributed by atoms with Crippen molar-refractivity contribution in [1.82, 2.24) is 9.21 Å². The van der Waals surface area contributed by atoms with Gasteiger partial charge in [0.05, 0.1) is 4.92 Å². The summed E-state index contributed by atoms with van der Waals surface area (Å²) in [5, 5.41) is 14.1. The fraction of sp³-hybridized carbons (Fsp3) is 0.208. The molecule has 1 N–H and O–H groups in total. The Morgan fingerprint density at radius 1 is 0.914 bits per heavy atom. The smallest absolute Gasteiger partial charge is 0.289 e. The molecule has 1 amide bonds. The predicted molar refractivity (Wildman–Crippen MR) is 128 cm³/mol. The van der Waals surface area contributed by atoms with E-state index in [1.807, 2.05) is 35.2 Å². The fourth-order valence-electron chi connectivity index (χ4n) is 4.07. The molecule has 1 aliphatic heterocycles. The molecule has 4 rings (SSSR count). The number of hydrogen-bond donors (Lipinski definition) is 1. The van der Waals surface area contributed by atoms with Gasteiger partial charge in [-0.2, -0.15) is 4.31 Å². The van der Waals surface area contributed by atoms with Gasteiger partial charge in [0.1, 0.15) is 11.9 Å². The Balaban J connectivity index is 1.54. The molecule has 0 spiro atoms. The lowest BCUT2D eigenvalue weighted by Gasteiger charge is -2.38. The van der Waals surface area contributed by atoms with Crippen LogP contribution in [0.25, 0.3) is 0 Å². The molecule has 1 atom stereocenters. The van der Waals surface area contributed by atoms with E-state index < -0.39 is 32.5 Å². The van der Waals surface area contributed by atoms with Gasteiger partial charge in [0.15, 0.2) is 4.90 Å². The first-order chi connectivity index (χ1) is 16.8. The molecule has 0 bridgehead atoms. The zero-order valence-electron chi connectivity index (χ0n) is 18.6. The van der Waals surface area contributed by atoms with Crippen molar-refractivity contribution in [2.75, 3.05) is 31.5 Å². The minimum atomic E-state index is -4.10. The van der Waals surface area contributed by atoms with Crippen molar-refractivity contribution in [3.63, 3.8) is 0 Å². The topological polar surface area (TPSA) is 113 Å². The van der Waals surface area contributed by atoms with Crippen molar-refractivity contribution >= 4 is 27.3 Å². The first kappa shape index (κ1) is 24.5. The predicted octanol–water partition coefficient (Wildman–Crippen LogP) is 3.42. The number of nitro groups is 1. The van der Waals surface area contributed by atoms with Gasteiger partial charge in [-0.25, -0.2) is 12.8 Å². The quantitative estimate of drug-likeness (QED) is 0.395. The number of benzene rings is 3. The number of hydrogen-bond acceptors (Lipinski definition) is 6. The maximum atomic E-state index is 13.3. The molecule has 0 aromatic heterocycles. The number of amides is 1. The van der Waals surface area contributed by atoms with Crippen molar-refractivity contribution < 1.29 is 22.5 Å². The van der Waals surface area contributed by atoms with E-state index in [-0.39, 0.29) is 37.0 Å². The number of nitrogens with one attached hydrogen (secondary N) is 1. The molecule has 1 fully saturated rings. The minimum absolute atomic E-state index is 0.0571. The summed E-state index contributed by atoms with van der Waals surface area (Å²) in [4.78, 5) is 25.4. The van der Waals surface area contributed by atoms with Gasteiger partial charge < -0.3 is 5.32 Å². The van der Waals surface area contributed by atoms with Crippen molar-refractivity contribution in [2.24, 2.45) is 0 Å². The summed E-state index contributed by atoms with van der Waals surface area (Å²) >= 11 is 0.